The first kappa shape index (κ1) is 20.9. The van der Waals surface area contributed by atoms with Crippen molar-refractivity contribution in [1.82, 2.24) is 19.6 Å². The van der Waals surface area contributed by atoms with Crippen LogP contribution in [0.1, 0.15) is 22.4 Å². The summed E-state index contributed by atoms with van der Waals surface area (Å²) < 4.78 is 46.4. The van der Waals surface area contributed by atoms with Crippen molar-refractivity contribution in [1.29, 1.82) is 0 Å². The fourth-order valence-corrected chi connectivity index (χ4v) is 3.16. The molecule has 0 aliphatic heterocycles. The van der Waals surface area contributed by atoms with Crippen LogP contribution in [0.2, 0.25) is 5.15 Å². The third kappa shape index (κ3) is 3.85. The van der Waals surface area contributed by atoms with Gasteiger partial charge in [-0.1, -0.05) is 11.6 Å². The molecule has 29 heavy (non-hydrogen) atoms. The smallest absolute Gasteiger partial charge is 0.416 e. The SMILES string of the molecule is COCc1nn(-c2c(C)cc(C(F)(F)F)cc2C)c(=O)c(-n2ccc(Cl)n2)c1O. The van der Waals surface area contributed by atoms with E-state index >= 15 is 0 Å². The fraction of sp³-hybridized carbons (Fsp3) is 0.278. The van der Waals surface area contributed by atoms with Gasteiger partial charge >= 0.3 is 11.7 Å². The Hall–Kier alpha value is -2.85. The normalized spacial score (nSPS) is 11.8. The molecule has 3 aromatic rings. The number of alkyl halides is 3. The molecule has 0 amide bonds. The van der Waals surface area contributed by atoms with E-state index in [-0.39, 0.29) is 40.0 Å². The maximum Gasteiger partial charge on any atom is 0.416 e. The predicted molar refractivity (Wildman–Crippen MR) is 98.8 cm³/mol. The number of rotatable bonds is 4. The highest BCUT2D eigenvalue weighted by molar-refractivity contribution is 6.29. The van der Waals surface area contributed by atoms with E-state index < -0.39 is 23.0 Å². The van der Waals surface area contributed by atoms with Crippen LogP contribution in [0.15, 0.2) is 29.2 Å². The molecule has 7 nitrogen and oxygen atoms in total. The number of hydrogen-bond acceptors (Lipinski definition) is 5. The number of nitrogens with zero attached hydrogens (tertiary/aromatic N) is 4. The minimum atomic E-state index is -4.53. The number of aromatic nitrogens is 4. The van der Waals surface area contributed by atoms with Crippen molar-refractivity contribution in [2.75, 3.05) is 7.11 Å². The van der Waals surface area contributed by atoms with Crippen LogP contribution in [0, 0.1) is 13.8 Å². The molecule has 0 atom stereocenters. The molecule has 0 unspecified atom stereocenters. The number of methoxy groups -OCH3 is 1. The van der Waals surface area contributed by atoms with Gasteiger partial charge in [-0.2, -0.15) is 28.1 Å². The number of aryl methyl sites for hydroxylation is 2. The van der Waals surface area contributed by atoms with Crippen LogP contribution in [-0.4, -0.2) is 31.8 Å². The third-order valence-electron chi connectivity index (χ3n) is 4.21. The molecule has 154 valence electrons. The molecular weight excluding hydrogens is 413 g/mol. The van der Waals surface area contributed by atoms with Crippen molar-refractivity contribution in [3.8, 4) is 17.1 Å². The summed E-state index contributed by atoms with van der Waals surface area (Å²) in [5.41, 5.74) is -1.33. The van der Waals surface area contributed by atoms with Crippen molar-refractivity contribution in [2.24, 2.45) is 0 Å². The first-order valence-corrected chi connectivity index (χ1v) is 8.67. The number of aromatic hydroxyl groups is 1. The average Bonchev–Trinajstić information content (AvgIpc) is 3.03. The quantitative estimate of drug-likeness (QED) is 0.687. The van der Waals surface area contributed by atoms with Crippen molar-refractivity contribution in [3.63, 3.8) is 0 Å². The van der Waals surface area contributed by atoms with E-state index in [9.17, 15) is 23.1 Å². The maximum atomic E-state index is 13.1. The molecule has 2 aromatic heterocycles. The van der Waals surface area contributed by atoms with Gasteiger partial charge < -0.3 is 9.84 Å². The molecule has 0 aliphatic rings. The predicted octanol–water partition coefficient (Wildman–Crippen LogP) is 3.56. The standard InChI is InChI=1S/C18H16ClF3N4O3/c1-9-6-11(18(20,21)22)7-10(2)14(9)26-17(28)15(25-5-4-13(19)24-25)16(27)12(23-26)8-29-3/h4-7,27H,8H2,1-3H3. The molecule has 0 saturated carbocycles. The van der Waals surface area contributed by atoms with Crippen LogP contribution in [0.3, 0.4) is 0 Å². The van der Waals surface area contributed by atoms with E-state index in [4.69, 9.17) is 16.3 Å². The molecule has 0 bridgehead atoms. The zero-order valence-corrected chi connectivity index (χ0v) is 16.3. The summed E-state index contributed by atoms with van der Waals surface area (Å²) in [6.07, 6.45) is -3.16. The lowest BCUT2D eigenvalue weighted by Gasteiger charge is -2.18. The Morgan fingerprint density at radius 2 is 1.79 bits per heavy atom. The number of ether oxygens (including phenoxy) is 1. The minimum absolute atomic E-state index is 0.00687. The molecule has 2 heterocycles. The number of hydrogen-bond donors (Lipinski definition) is 1. The average molecular weight is 429 g/mol. The molecule has 1 aromatic carbocycles. The second-order valence-corrected chi connectivity index (χ2v) is 6.72. The van der Waals surface area contributed by atoms with Gasteiger partial charge in [-0.15, -0.1) is 0 Å². The Kier molecular flexibility index (Phi) is 5.42. The monoisotopic (exact) mass is 428 g/mol. The molecule has 3 rings (SSSR count). The maximum absolute atomic E-state index is 13.1. The van der Waals surface area contributed by atoms with Crippen LogP contribution >= 0.6 is 11.6 Å². The van der Waals surface area contributed by atoms with Crippen LogP contribution < -0.4 is 5.56 Å². The van der Waals surface area contributed by atoms with Gasteiger partial charge in [0, 0.05) is 13.3 Å². The van der Waals surface area contributed by atoms with Gasteiger partial charge in [0.15, 0.2) is 16.6 Å². The van der Waals surface area contributed by atoms with E-state index in [0.29, 0.717) is 0 Å². The summed E-state index contributed by atoms with van der Waals surface area (Å²) in [5.74, 6) is -0.463. The molecule has 0 fully saturated rings. The van der Waals surface area contributed by atoms with Crippen molar-refractivity contribution < 1.29 is 23.0 Å². The largest absolute Gasteiger partial charge is 0.504 e. The molecule has 0 radical (unpaired) electrons. The highest BCUT2D eigenvalue weighted by Crippen LogP contribution is 2.33. The van der Waals surface area contributed by atoms with Gasteiger partial charge in [0.2, 0.25) is 0 Å². The van der Waals surface area contributed by atoms with Gasteiger partial charge in [0.1, 0.15) is 5.69 Å². The van der Waals surface area contributed by atoms with E-state index in [0.717, 1.165) is 21.5 Å². The van der Waals surface area contributed by atoms with Crippen LogP contribution in [0.25, 0.3) is 11.4 Å². The van der Waals surface area contributed by atoms with E-state index in [1.54, 1.807) is 0 Å². The fourth-order valence-electron chi connectivity index (χ4n) is 3.02. The van der Waals surface area contributed by atoms with Gasteiger partial charge in [0.25, 0.3) is 0 Å². The van der Waals surface area contributed by atoms with Gasteiger partial charge in [-0.05, 0) is 43.2 Å². The van der Waals surface area contributed by atoms with Crippen LogP contribution in [-0.2, 0) is 17.5 Å². The Bertz CT molecular complexity index is 1120. The highest BCUT2D eigenvalue weighted by atomic mass is 35.5. The molecule has 0 saturated heterocycles. The zero-order chi connectivity index (χ0) is 21.5. The molecular formula is C18H16ClF3N4O3. The summed E-state index contributed by atoms with van der Waals surface area (Å²) in [6.45, 7) is 2.74. The lowest BCUT2D eigenvalue weighted by atomic mass is 10.0. The Balaban J connectivity index is 2.34. The minimum Gasteiger partial charge on any atom is -0.504 e. The van der Waals surface area contributed by atoms with Crippen molar-refractivity contribution >= 4 is 11.6 Å². The summed E-state index contributed by atoms with van der Waals surface area (Å²) in [6, 6.07) is 3.28. The summed E-state index contributed by atoms with van der Waals surface area (Å²) in [4.78, 5) is 13.1. The zero-order valence-electron chi connectivity index (χ0n) is 15.6. The van der Waals surface area contributed by atoms with Crippen LogP contribution in [0.4, 0.5) is 13.2 Å². The first-order valence-electron chi connectivity index (χ1n) is 8.29. The van der Waals surface area contributed by atoms with Crippen molar-refractivity contribution in [3.05, 3.63) is 62.3 Å². The van der Waals surface area contributed by atoms with Gasteiger partial charge in [-0.25, -0.2) is 4.68 Å². The van der Waals surface area contributed by atoms with Crippen LogP contribution in [0.5, 0.6) is 5.75 Å². The van der Waals surface area contributed by atoms with E-state index in [1.807, 2.05) is 0 Å². The second-order valence-electron chi connectivity index (χ2n) is 6.33. The number of halogens is 4. The summed E-state index contributed by atoms with van der Waals surface area (Å²) in [5, 5.41) is 18.6. The molecule has 11 heteroatoms. The Morgan fingerprint density at radius 3 is 2.28 bits per heavy atom. The number of benzene rings is 1. The first-order chi connectivity index (χ1) is 13.5. The second kappa shape index (κ2) is 7.53. The van der Waals surface area contributed by atoms with E-state index in [2.05, 4.69) is 10.2 Å². The molecule has 0 spiro atoms. The third-order valence-corrected chi connectivity index (χ3v) is 4.41. The molecule has 1 N–H and O–H groups in total. The Morgan fingerprint density at radius 1 is 1.17 bits per heavy atom. The lowest BCUT2D eigenvalue weighted by molar-refractivity contribution is -0.137. The van der Waals surface area contributed by atoms with Crippen molar-refractivity contribution in [2.45, 2.75) is 26.6 Å². The highest BCUT2D eigenvalue weighted by Gasteiger charge is 2.32. The molecule has 0 aliphatic carbocycles. The topological polar surface area (TPSA) is 82.2 Å². The Labute approximate surface area is 167 Å². The summed E-state index contributed by atoms with van der Waals surface area (Å²) in [7, 11) is 1.37. The van der Waals surface area contributed by atoms with E-state index in [1.165, 1.54) is 33.2 Å². The summed E-state index contributed by atoms with van der Waals surface area (Å²) >= 11 is 5.81. The lowest BCUT2D eigenvalue weighted by Crippen LogP contribution is -2.28. The van der Waals surface area contributed by atoms with Gasteiger partial charge in [-0.3, -0.25) is 4.79 Å². The van der Waals surface area contributed by atoms with Gasteiger partial charge in [0.05, 0.1) is 17.9 Å².